The minimum absolute atomic E-state index is 0.135. The first-order chi connectivity index (χ1) is 13.2. The van der Waals surface area contributed by atoms with E-state index in [2.05, 4.69) is 21.2 Å². The van der Waals surface area contributed by atoms with Crippen LogP contribution in [0.25, 0.3) is 6.08 Å². The van der Waals surface area contributed by atoms with Crippen LogP contribution in [0.2, 0.25) is 5.02 Å². The Morgan fingerprint density at radius 2 is 2.04 bits per heavy atom. The minimum atomic E-state index is -0.540. The maximum Gasteiger partial charge on any atom is 0.294 e. The number of carbonyl (C=O) groups excluding carboxylic acids is 3. The first kappa shape index (κ1) is 21.2. The topological polar surface area (TPSA) is 86.7 Å². The van der Waals surface area contributed by atoms with E-state index in [-0.39, 0.29) is 10.7 Å². The molecule has 0 bridgehead atoms. The molecule has 6 nitrogen and oxygen atoms in total. The van der Waals surface area contributed by atoms with Crippen LogP contribution in [0.15, 0.2) is 45.8 Å². The summed E-state index contributed by atoms with van der Waals surface area (Å²) in [5.74, 6) is -0.918. The molecule has 0 radical (unpaired) electrons. The molecule has 1 fully saturated rings. The Morgan fingerprint density at radius 3 is 2.71 bits per heavy atom. The number of carbonyl (C=O) groups is 3. The Balaban J connectivity index is 1.70. The van der Waals surface area contributed by atoms with Gasteiger partial charge in [0.15, 0.2) is 0 Å². The number of nitrogens with one attached hydrogen (secondary N) is 1. The van der Waals surface area contributed by atoms with Gasteiger partial charge in [-0.3, -0.25) is 19.3 Å². The van der Waals surface area contributed by atoms with Crippen LogP contribution in [-0.2, 0) is 9.59 Å². The van der Waals surface area contributed by atoms with E-state index in [4.69, 9.17) is 11.6 Å². The van der Waals surface area contributed by atoms with Gasteiger partial charge in [-0.15, -0.1) is 0 Å². The smallest absolute Gasteiger partial charge is 0.294 e. The number of anilines is 1. The summed E-state index contributed by atoms with van der Waals surface area (Å²) in [5, 5.41) is 12.1. The van der Waals surface area contributed by atoms with Crippen LogP contribution in [0, 0.1) is 3.57 Å². The van der Waals surface area contributed by atoms with Crippen molar-refractivity contribution in [3.05, 3.63) is 59.9 Å². The highest BCUT2D eigenvalue weighted by Crippen LogP contribution is 2.33. The highest BCUT2D eigenvalue weighted by molar-refractivity contribution is 14.1. The number of thioether (sulfide) groups is 1. The van der Waals surface area contributed by atoms with E-state index in [1.807, 2.05) is 22.6 Å². The molecule has 1 heterocycles. The van der Waals surface area contributed by atoms with Gasteiger partial charge in [0.05, 0.1) is 13.5 Å². The number of nitrogens with zero attached hydrogens (tertiary/aromatic N) is 1. The van der Waals surface area contributed by atoms with Crippen molar-refractivity contribution in [2.75, 3.05) is 11.9 Å². The van der Waals surface area contributed by atoms with Gasteiger partial charge in [-0.05, 0) is 92.3 Å². The molecule has 28 heavy (non-hydrogen) atoms. The van der Waals surface area contributed by atoms with Crippen molar-refractivity contribution < 1.29 is 19.5 Å². The van der Waals surface area contributed by atoms with Crippen molar-refractivity contribution in [3.63, 3.8) is 0 Å². The number of phenols is 1. The van der Waals surface area contributed by atoms with Gasteiger partial charge in [0, 0.05) is 10.2 Å². The minimum Gasteiger partial charge on any atom is -0.507 e. The van der Waals surface area contributed by atoms with E-state index in [0.29, 0.717) is 24.3 Å². The van der Waals surface area contributed by atoms with Crippen molar-refractivity contribution in [1.82, 2.24) is 4.90 Å². The number of rotatable bonds is 4. The molecule has 2 aromatic rings. The number of phenolic OH excluding ortho intramolecular Hbond substituents is 1. The second-order valence-electron chi connectivity index (χ2n) is 5.66. The Bertz CT molecular complexity index is 1030. The average Bonchev–Trinajstić information content (AvgIpc) is 2.89. The largest absolute Gasteiger partial charge is 0.507 e. The summed E-state index contributed by atoms with van der Waals surface area (Å²) in [7, 11) is 0. The van der Waals surface area contributed by atoms with Crippen LogP contribution in [0.3, 0.4) is 0 Å². The van der Waals surface area contributed by atoms with Gasteiger partial charge in [-0.1, -0.05) is 17.7 Å². The fourth-order valence-corrected chi connectivity index (χ4v) is 4.12. The first-order valence-electron chi connectivity index (χ1n) is 7.73. The average molecular weight is 594 g/mol. The fraction of sp³-hybridized carbons (Fsp3) is 0.0556. The molecule has 3 amide bonds. The molecule has 10 heteroatoms. The van der Waals surface area contributed by atoms with Gasteiger partial charge in [-0.25, -0.2) is 0 Å². The molecule has 0 aromatic heterocycles. The molecule has 2 N–H and O–H groups in total. The number of hydrogen-bond acceptors (Lipinski definition) is 5. The molecule has 0 atom stereocenters. The second-order valence-corrected chi connectivity index (χ2v) is 9.07. The summed E-state index contributed by atoms with van der Waals surface area (Å²) < 4.78 is 1.31. The third-order valence-electron chi connectivity index (χ3n) is 3.65. The van der Waals surface area contributed by atoms with Gasteiger partial charge < -0.3 is 10.4 Å². The van der Waals surface area contributed by atoms with E-state index in [9.17, 15) is 19.5 Å². The van der Waals surface area contributed by atoms with E-state index < -0.39 is 23.6 Å². The van der Waals surface area contributed by atoms with E-state index >= 15 is 0 Å². The quantitative estimate of drug-likeness (QED) is 0.381. The zero-order valence-corrected chi connectivity index (χ0v) is 19.2. The molecular weight excluding hydrogens is 583 g/mol. The molecule has 1 aliphatic rings. The van der Waals surface area contributed by atoms with Crippen LogP contribution < -0.4 is 5.32 Å². The summed E-state index contributed by atoms with van der Waals surface area (Å²) in [6.45, 7) is -0.400. The number of halogens is 3. The maximum absolute atomic E-state index is 12.5. The highest BCUT2D eigenvalue weighted by atomic mass is 127. The number of aromatic hydroxyl groups is 1. The van der Waals surface area contributed by atoms with Crippen molar-refractivity contribution in [2.24, 2.45) is 0 Å². The van der Waals surface area contributed by atoms with Crippen molar-refractivity contribution in [2.45, 2.75) is 0 Å². The summed E-state index contributed by atoms with van der Waals surface area (Å²) in [6.07, 6.45) is 1.55. The molecule has 3 rings (SSSR count). The number of hydrogen-bond donors (Lipinski definition) is 2. The fourth-order valence-electron chi connectivity index (χ4n) is 2.32. The maximum atomic E-state index is 12.5. The van der Waals surface area contributed by atoms with E-state index in [1.165, 1.54) is 6.07 Å². The third-order valence-corrected chi connectivity index (χ3v) is 6.65. The number of imide groups is 1. The lowest BCUT2D eigenvalue weighted by atomic mass is 10.2. The molecule has 0 aliphatic carbocycles. The highest BCUT2D eigenvalue weighted by Gasteiger charge is 2.36. The van der Waals surface area contributed by atoms with Gasteiger partial charge in [-0.2, -0.15) is 0 Å². The predicted molar refractivity (Wildman–Crippen MR) is 121 cm³/mol. The van der Waals surface area contributed by atoms with Gasteiger partial charge in [0.25, 0.3) is 11.1 Å². The summed E-state index contributed by atoms with van der Waals surface area (Å²) >= 11 is 12.0. The lowest BCUT2D eigenvalue weighted by Crippen LogP contribution is -2.36. The third kappa shape index (κ3) is 4.88. The van der Waals surface area contributed by atoms with Gasteiger partial charge in [0.2, 0.25) is 5.91 Å². The molecular formula is C18H11BrClIN2O4S. The van der Waals surface area contributed by atoms with Crippen molar-refractivity contribution in [3.8, 4) is 5.75 Å². The summed E-state index contributed by atoms with van der Waals surface area (Å²) in [5.41, 5.74) is 1.13. The normalized spacial score (nSPS) is 15.4. The molecule has 0 unspecified atom stereocenters. The molecule has 1 saturated heterocycles. The van der Waals surface area contributed by atoms with Crippen LogP contribution in [0.5, 0.6) is 5.75 Å². The zero-order chi connectivity index (χ0) is 20.4. The lowest BCUT2D eigenvalue weighted by Gasteiger charge is -2.12. The van der Waals surface area contributed by atoms with Crippen LogP contribution >= 0.6 is 61.9 Å². The zero-order valence-electron chi connectivity index (χ0n) is 13.9. The molecule has 144 valence electrons. The summed E-state index contributed by atoms with van der Waals surface area (Å²) in [6, 6.07) is 9.72. The lowest BCUT2D eigenvalue weighted by molar-refractivity contribution is -0.127. The van der Waals surface area contributed by atoms with Crippen LogP contribution in [0.4, 0.5) is 10.5 Å². The second kappa shape index (κ2) is 8.85. The van der Waals surface area contributed by atoms with Crippen molar-refractivity contribution >= 4 is 90.7 Å². The van der Waals surface area contributed by atoms with Crippen LogP contribution in [-0.4, -0.2) is 33.6 Å². The SMILES string of the molecule is O=C(CN1C(=O)S/C(=C\c2ccc(O)c(I)c2)C1=O)Nc1ccc(Br)c(Cl)c1. The standard InChI is InChI=1S/C18H11BrClIN2O4S/c19-11-3-2-10(7-12(11)20)22-16(25)8-23-17(26)15(28-18(23)27)6-9-1-4-14(24)13(21)5-9/h1-7,24H,8H2,(H,22,25)/b15-6-. The number of amides is 3. The summed E-state index contributed by atoms with van der Waals surface area (Å²) in [4.78, 5) is 38.0. The Kier molecular flexibility index (Phi) is 6.69. The number of benzene rings is 2. The van der Waals surface area contributed by atoms with Gasteiger partial charge >= 0.3 is 0 Å². The van der Waals surface area contributed by atoms with Crippen LogP contribution in [0.1, 0.15) is 5.56 Å². The predicted octanol–water partition coefficient (Wildman–Crippen LogP) is 5.09. The Hall–Kier alpha value is -1.56. The first-order valence-corrected chi connectivity index (χ1v) is 10.8. The Labute approximate surface area is 191 Å². The van der Waals surface area contributed by atoms with Crippen molar-refractivity contribution in [1.29, 1.82) is 0 Å². The molecule has 1 aliphatic heterocycles. The molecule has 0 spiro atoms. The molecule has 2 aromatic carbocycles. The van der Waals surface area contributed by atoms with E-state index in [1.54, 1.807) is 36.4 Å². The monoisotopic (exact) mass is 592 g/mol. The Morgan fingerprint density at radius 1 is 1.29 bits per heavy atom. The molecule has 0 saturated carbocycles. The van der Waals surface area contributed by atoms with Gasteiger partial charge in [0.1, 0.15) is 12.3 Å². The van der Waals surface area contributed by atoms with E-state index in [0.717, 1.165) is 16.7 Å².